The normalized spacial score (nSPS) is 19.1. The third-order valence-electron chi connectivity index (χ3n) is 4.69. The Morgan fingerprint density at radius 1 is 1.23 bits per heavy atom. The standard InChI is InChI=1S/C18H17Cl2N5O/c1-24(10-17-21-22-23-25(17)12-5-3-2-4-6-12)18-14-7-11(19)8-15(20)13(14)9-16(18)26/h2-8,16,18,26H,9-10H2,1H3. The summed E-state index contributed by atoms with van der Waals surface area (Å²) in [6, 6.07) is 13.1. The van der Waals surface area contributed by atoms with Crippen LogP contribution >= 0.6 is 23.2 Å². The molecule has 0 saturated carbocycles. The van der Waals surface area contributed by atoms with Gasteiger partial charge in [-0.05, 0) is 52.9 Å². The second-order valence-corrected chi connectivity index (χ2v) is 7.27. The van der Waals surface area contributed by atoms with Gasteiger partial charge in [-0.15, -0.1) is 5.10 Å². The van der Waals surface area contributed by atoms with Crippen molar-refractivity contribution in [2.75, 3.05) is 7.05 Å². The topological polar surface area (TPSA) is 67.1 Å². The minimum atomic E-state index is -0.563. The van der Waals surface area contributed by atoms with E-state index in [0.29, 0.717) is 28.8 Å². The molecule has 3 aromatic rings. The quantitative estimate of drug-likeness (QED) is 0.742. The van der Waals surface area contributed by atoms with Crippen LogP contribution in [0.4, 0.5) is 0 Å². The number of rotatable bonds is 4. The third kappa shape index (κ3) is 3.10. The molecule has 6 nitrogen and oxygen atoms in total. The number of hydrogen-bond acceptors (Lipinski definition) is 5. The van der Waals surface area contributed by atoms with Crippen LogP contribution in [0.2, 0.25) is 10.0 Å². The lowest BCUT2D eigenvalue weighted by Gasteiger charge is -2.27. The van der Waals surface area contributed by atoms with E-state index in [0.717, 1.165) is 16.8 Å². The van der Waals surface area contributed by atoms with E-state index < -0.39 is 6.10 Å². The van der Waals surface area contributed by atoms with E-state index in [1.54, 1.807) is 10.7 Å². The van der Waals surface area contributed by atoms with Crippen molar-refractivity contribution in [1.29, 1.82) is 0 Å². The number of hydrogen-bond donors (Lipinski definition) is 1. The van der Waals surface area contributed by atoms with Gasteiger partial charge in [0, 0.05) is 16.5 Å². The van der Waals surface area contributed by atoms with Crippen LogP contribution in [-0.2, 0) is 13.0 Å². The maximum Gasteiger partial charge on any atom is 0.170 e. The van der Waals surface area contributed by atoms with Crippen LogP contribution in [0, 0.1) is 0 Å². The number of aliphatic hydroxyl groups excluding tert-OH is 1. The van der Waals surface area contributed by atoms with Crippen molar-refractivity contribution in [3.05, 3.63) is 69.5 Å². The van der Waals surface area contributed by atoms with Gasteiger partial charge in [-0.2, -0.15) is 4.68 Å². The van der Waals surface area contributed by atoms with Crippen LogP contribution in [0.5, 0.6) is 0 Å². The summed E-state index contributed by atoms with van der Waals surface area (Å²) in [6.07, 6.45) is -0.0590. The molecule has 2 atom stereocenters. The second-order valence-electron chi connectivity index (χ2n) is 6.43. The van der Waals surface area contributed by atoms with Crippen LogP contribution in [0.25, 0.3) is 5.69 Å². The number of likely N-dealkylation sites (N-methyl/N-ethyl adjacent to an activating group) is 1. The van der Waals surface area contributed by atoms with Crippen molar-refractivity contribution in [2.24, 2.45) is 0 Å². The molecule has 2 aromatic carbocycles. The largest absolute Gasteiger partial charge is 0.391 e. The first-order valence-corrected chi connectivity index (χ1v) is 8.99. The lowest BCUT2D eigenvalue weighted by molar-refractivity contribution is 0.0707. The number of fused-ring (bicyclic) bond motifs is 1. The molecule has 0 spiro atoms. The highest BCUT2D eigenvalue weighted by molar-refractivity contribution is 6.35. The van der Waals surface area contributed by atoms with Gasteiger partial charge >= 0.3 is 0 Å². The molecular weight excluding hydrogens is 373 g/mol. The van der Waals surface area contributed by atoms with Crippen LogP contribution in [-0.4, -0.2) is 43.4 Å². The average Bonchev–Trinajstić information content (AvgIpc) is 3.19. The fourth-order valence-electron chi connectivity index (χ4n) is 3.56. The molecule has 0 fully saturated rings. The average molecular weight is 390 g/mol. The van der Waals surface area contributed by atoms with E-state index in [-0.39, 0.29) is 6.04 Å². The third-order valence-corrected chi connectivity index (χ3v) is 5.25. The molecule has 8 heteroatoms. The molecule has 1 aromatic heterocycles. The first-order chi connectivity index (χ1) is 12.5. The first-order valence-electron chi connectivity index (χ1n) is 8.23. The zero-order valence-electron chi connectivity index (χ0n) is 14.0. The Morgan fingerprint density at radius 2 is 2.00 bits per heavy atom. The van der Waals surface area contributed by atoms with Crippen LogP contribution in [0.15, 0.2) is 42.5 Å². The van der Waals surface area contributed by atoms with Gasteiger partial charge in [-0.25, -0.2) is 0 Å². The summed E-state index contributed by atoms with van der Waals surface area (Å²) in [7, 11) is 1.93. The number of nitrogens with zero attached hydrogens (tertiary/aromatic N) is 5. The van der Waals surface area contributed by atoms with Gasteiger partial charge in [0.2, 0.25) is 0 Å². The molecule has 134 valence electrons. The van der Waals surface area contributed by atoms with Crippen molar-refractivity contribution in [2.45, 2.75) is 25.1 Å². The fourth-order valence-corrected chi connectivity index (χ4v) is 4.14. The lowest BCUT2D eigenvalue weighted by atomic mass is 10.1. The molecule has 0 aliphatic heterocycles. The Morgan fingerprint density at radius 3 is 2.77 bits per heavy atom. The summed E-state index contributed by atoms with van der Waals surface area (Å²) in [6.45, 7) is 0.465. The maximum atomic E-state index is 10.6. The van der Waals surface area contributed by atoms with Crippen LogP contribution < -0.4 is 0 Å². The predicted molar refractivity (Wildman–Crippen MR) is 99.5 cm³/mol. The number of tetrazole rings is 1. The minimum absolute atomic E-state index is 0.220. The smallest absolute Gasteiger partial charge is 0.170 e. The van der Waals surface area contributed by atoms with Crippen molar-refractivity contribution >= 4 is 23.2 Å². The predicted octanol–water partition coefficient (Wildman–Crippen LogP) is 3.06. The molecule has 0 radical (unpaired) electrons. The van der Waals surface area contributed by atoms with Crippen molar-refractivity contribution < 1.29 is 5.11 Å². The molecule has 1 aliphatic rings. The van der Waals surface area contributed by atoms with E-state index in [1.165, 1.54) is 0 Å². The number of halogens is 2. The molecule has 26 heavy (non-hydrogen) atoms. The SMILES string of the molecule is CN(Cc1nnnn1-c1ccccc1)C1c2cc(Cl)cc(Cl)c2CC1O. The van der Waals surface area contributed by atoms with Gasteiger partial charge in [-0.1, -0.05) is 41.4 Å². The second kappa shape index (κ2) is 6.96. The maximum absolute atomic E-state index is 10.6. The first kappa shape index (κ1) is 17.4. The van der Waals surface area contributed by atoms with Crippen LogP contribution in [0.3, 0.4) is 0 Å². The van der Waals surface area contributed by atoms with Gasteiger partial charge in [0.15, 0.2) is 5.82 Å². The zero-order valence-corrected chi connectivity index (χ0v) is 15.6. The van der Waals surface area contributed by atoms with E-state index in [9.17, 15) is 5.11 Å². The number of aliphatic hydroxyl groups is 1. The minimum Gasteiger partial charge on any atom is -0.391 e. The molecule has 0 saturated heterocycles. The summed E-state index contributed by atoms with van der Waals surface area (Å²) in [5.41, 5.74) is 2.79. The number of aromatic nitrogens is 4. The highest BCUT2D eigenvalue weighted by Crippen LogP contribution is 2.41. The summed E-state index contributed by atoms with van der Waals surface area (Å²) in [5.74, 6) is 0.687. The summed E-state index contributed by atoms with van der Waals surface area (Å²) in [4.78, 5) is 2.02. The summed E-state index contributed by atoms with van der Waals surface area (Å²) >= 11 is 12.5. The van der Waals surface area contributed by atoms with E-state index in [1.807, 2.05) is 48.3 Å². The molecular formula is C18H17Cl2N5O. The Kier molecular flexibility index (Phi) is 4.67. The van der Waals surface area contributed by atoms with E-state index in [2.05, 4.69) is 15.5 Å². The molecule has 2 unspecified atom stereocenters. The molecule has 1 N–H and O–H groups in total. The zero-order chi connectivity index (χ0) is 18.3. The summed E-state index contributed by atoms with van der Waals surface area (Å²) < 4.78 is 1.70. The van der Waals surface area contributed by atoms with E-state index >= 15 is 0 Å². The Bertz CT molecular complexity index is 931. The Balaban J connectivity index is 1.63. The van der Waals surface area contributed by atoms with Gasteiger partial charge in [0.1, 0.15) is 0 Å². The molecule has 4 rings (SSSR count). The van der Waals surface area contributed by atoms with Crippen molar-refractivity contribution in [1.82, 2.24) is 25.1 Å². The lowest BCUT2D eigenvalue weighted by Crippen LogP contribution is -2.31. The molecule has 1 heterocycles. The number of para-hydroxylation sites is 1. The van der Waals surface area contributed by atoms with Gasteiger partial charge in [0.25, 0.3) is 0 Å². The van der Waals surface area contributed by atoms with Crippen molar-refractivity contribution in [3.8, 4) is 5.69 Å². The monoisotopic (exact) mass is 389 g/mol. The van der Waals surface area contributed by atoms with Gasteiger partial charge in [0.05, 0.1) is 24.4 Å². The van der Waals surface area contributed by atoms with E-state index in [4.69, 9.17) is 23.2 Å². The van der Waals surface area contributed by atoms with Gasteiger partial charge < -0.3 is 5.11 Å². The highest BCUT2D eigenvalue weighted by Gasteiger charge is 2.36. The highest BCUT2D eigenvalue weighted by atomic mass is 35.5. The number of benzene rings is 2. The Hall–Kier alpha value is -1.99. The van der Waals surface area contributed by atoms with Gasteiger partial charge in [-0.3, -0.25) is 4.90 Å². The molecule has 0 amide bonds. The molecule has 1 aliphatic carbocycles. The summed E-state index contributed by atoms with van der Waals surface area (Å²) in [5, 5.41) is 23.8. The van der Waals surface area contributed by atoms with Crippen molar-refractivity contribution in [3.63, 3.8) is 0 Å². The van der Waals surface area contributed by atoms with Crippen LogP contribution in [0.1, 0.15) is 23.0 Å². The Labute approximate surface area is 161 Å². The molecule has 0 bridgehead atoms. The fraction of sp³-hybridized carbons (Fsp3) is 0.278.